The largest absolute Gasteiger partial charge is 0.496 e. The molecular weight excluding hydrogens is 222 g/mol. The molecule has 0 radical (unpaired) electrons. The van der Waals surface area contributed by atoms with Crippen LogP contribution in [0.2, 0.25) is 0 Å². The third-order valence-electron chi connectivity index (χ3n) is 2.74. The molecule has 0 unspecified atom stereocenters. The Morgan fingerprint density at radius 3 is 3.00 bits per heavy atom. The summed E-state index contributed by atoms with van der Waals surface area (Å²) in [5.41, 5.74) is 1.81. The molecule has 1 aromatic carbocycles. The number of hydrogen-bond acceptors (Lipinski definition) is 4. The highest BCUT2D eigenvalue weighted by molar-refractivity contribution is 5.66. The highest BCUT2D eigenvalue weighted by Gasteiger charge is 2.20. The zero-order chi connectivity index (χ0) is 12.4. The predicted molar refractivity (Wildman–Crippen MR) is 62.8 cm³/mol. The SMILES string of the molecule is COc1ccc2c(c1/C=C(\C)[N+](=O)[O-])CCO2. The van der Waals surface area contributed by atoms with Gasteiger partial charge in [0.2, 0.25) is 5.70 Å². The number of nitro groups is 1. The lowest BCUT2D eigenvalue weighted by atomic mass is 10.0. The number of rotatable bonds is 3. The molecule has 90 valence electrons. The third-order valence-corrected chi connectivity index (χ3v) is 2.74. The van der Waals surface area contributed by atoms with E-state index in [0.717, 1.165) is 23.3 Å². The van der Waals surface area contributed by atoms with Crippen molar-refractivity contribution in [2.45, 2.75) is 13.3 Å². The Bertz CT molecular complexity index is 494. The maximum atomic E-state index is 10.7. The van der Waals surface area contributed by atoms with Gasteiger partial charge in [0.25, 0.3) is 0 Å². The van der Waals surface area contributed by atoms with Crippen molar-refractivity contribution in [1.29, 1.82) is 0 Å². The normalized spacial score (nSPS) is 14.1. The van der Waals surface area contributed by atoms with Crippen LogP contribution < -0.4 is 9.47 Å². The lowest BCUT2D eigenvalue weighted by Crippen LogP contribution is -1.97. The molecule has 0 bridgehead atoms. The van der Waals surface area contributed by atoms with Crippen LogP contribution in [0.25, 0.3) is 6.08 Å². The van der Waals surface area contributed by atoms with E-state index in [-0.39, 0.29) is 5.70 Å². The number of nitrogens with zero attached hydrogens (tertiary/aromatic N) is 1. The molecule has 0 N–H and O–H groups in total. The van der Waals surface area contributed by atoms with E-state index in [0.29, 0.717) is 12.4 Å². The van der Waals surface area contributed by atoms with Crippen molar-refractivity contribution in [2.24, 2.45) is 0 Å². The summed E-state index contributed by atoms with van der Waals surface area (Å²) < 4.78 is 10.7. The summed E-state index contributed by atoms with van der Waals surface area (Å²) in [6.45, 7) is 2.08. The Balaban J connectivity index is 2.54. The average Bonchev–Trinajstić information content (AvgIpc) is 2.77. The van der Waals surface area contributed by atoms with E-state index < -0.39 is 4.92 Å². The lowest BCUT2D eigenvalue weighted by Gasteiger charge is -2.08. The van der Waals surface area contributed by atoms with Crippen molar-refractivity contribution in [3.63, 3.8) is 0 Å². The minimum Gasteiger partial charge on any atom is -0.496 e. The second-order valence-corrected chi connectivity index (χ2v) is 3.80. The molecule has 1 aliphatic rings. The predicted octanol–water partition coefficient (Wildman–Crippen LogP) is 2.27. The van der Waals surface area contributed by atoms with Crippen LogP contribution in [0, 0.1) is 10.1 Å². The van der Waals surface area contributed by atoms with Crippen molar-refractivity contribution in [3.05, 3.63) is 39.1 Å². The van der Waals surface area contributed by atoms with Crippen LogP contribution in [0.1, 0.15) is 18.1 Å². The van der Waals surface area contributed by atoms with Crippen molar-refractivity contribution >= 4 is 6.08 Å². The molecule has 0 aliphatic carbocycles. The molecule has 0 saturated carbocycles. The zero-order valence-electron chi connectivity index (χ0n) is 9.73. The summed E-state index contributed by atoms with van der Waals surface area (Å²) in [7, 11) is 1.55. The van der Waals surface area contributed by atoms with Crippen molar-refractivity contribution in [2.75, 3.05) is 13.7 Å². The summed E-state index contributed by atoms with van der Waals surface area (Å²) in [4.78, 5) is 10.3. The molecule has 0 aromatic heterocycles. The van der Waals surface area contributed by atoms with E-state index in [1.54, 1.807) is 13.2 Å². The van der Waals surface area contributed by atoms with Gasteiger partial charge in [0, 0.05) is 30.5 Å². The molecule has 1 aliphatic heterocycles. The van der Waals surface area contributed by atoms with E-state index in [1.165, 1.54) is 13.0 Å². The van der Waals surface area contributed by atoms with Crippen LogP contribution in [-0.4, -0.2) is 18.6 Å². The lowest BCUT2D eigenvalue weighted by molar-refractivity contribution is -0.422. The molecule has 0 fully saturated rings. The van der Waals surface area contributed by atoms with E-state index in [9.17, 15) is 10.1 Å². The molecule has 0 amide bonds. The Kier molecular flexibility index (Phi) is 2.99. The molecule has 0 atom stereocenters. The van der Waals surface area contributed by atoms with Gasteiger partial charge in [0.1, 0.15) is 11.5 Å². The van der Waals surface area contributed by atoms with Gasteiger partial charge in [-0.15, -0.1) is 0 Å². The van der Waals surface area contributed by atoms with E-state index in [2.05, 4.69) is 0 Å². The second-order valence-electron chi connectivity index (χ2n) is 3.80. The van der Waals surface area contributed by atoms with Crippen LogP contribution >= 0.6 is 0 Å². The molecule has 0 spiro atoms. The van der Waals surface area contributed by atoms with Gasteiger partial charge in [-0.3, -0.25) is 10.1 Å². The Hall–Kier alpha value is -2.04. The highest BCUT2D eigenvalue weighted by atomic mass is 16.6. The number of benzene rings is 1. The molecule has 2 rings (SSSR count). The zero-order valence-corrected chi connectivity index (χ0v) is 9.73. The van der Waals surface area contributed by atoms with Gasteiger partial charge in [-0.2, -0.15) is 0 Å². The van der Waals surface area contributed by atoms with E-state index >= 15 is 0 Å². The van der Waals surface area contributed by atoms with Gasteiger partial charge >= 0.3 is 0 Å². The van der Waals surface area contributed by atoms with Gasteiger partial charge in [-0.25, -0.2) is 0 Å². The van der Waals surface area contributed by atoms with Gasteiger partial charge in [0.15, 0.2) is 0 Å². The standard InChI is InChI=1S/C12H13NO4/c1-8(13(14)15)7-10-9-5-6-17-12(9)4-3-11(10)16-2/h3-4,7H,5-6H2,1-2H3/b8-7+. The topological polar surface area (TPSA) is 61.6 Å². The molecule has 1 aromatic rings. The average molecular weight is 235 g/mol. The van der Waals surface area contributed by atoms with Gasteiger partial charge < -0.3 is 9.47 Å². The molecule has 5 heteroatoms. The molecular formula is C12H13NO4. The van der Waals surface area contributed by atoms with Crippen LogP contribution in [-0.2, 0) is 6.42 Å². The highest BCUT2D eigenvalue weighted by Crippen LogP contribution is 2.35. The second kappa shape index (κ2) is 4.45. The summed E-state index contributed by atoms with van der Waals surface area (Å²) in [5.74, 6) is 1.42. The van der Waals surface area contributed by atoms with Crippen molar-refractivity contribution in [3.8, 4) is 11.5 Å². The maximum Gasteiger partial charge on any atom is 0.243 e. The summed E-state index contributed by atoms with van der Waals surface area (Å²) in [5, 5.41) is 10.7. The third kappa shape index (κ3) is 2.08. The van der Waals surface area contributed by atoms with Crippen LogP contribution in [0.4, 0.5) is 0 Å². The van der Waals surface area contributed by atoms with Gasteiger partial charge in [-0.1, -0.05) is 0 Å². The number of hydrogen-bond donors (Lipinski definition) is 0. The summed E-state index contributed by atoms with van der Waals surface area (Å²) >= 11 is 0. The maximum absolute atomic E-state index is 10.7. The smallest absolute Gasteiger partial charge is 0.243 e. The number of fused-ring (bicyclic) bond motifs is 1. The Labute approximate surface area is 98.8 Å². The Morgan fingerprint density at radius 1 is 1.59 bits per heavy atom. The summed E-state index contributed by atoms with van der Waals surface area (Å²) in [6, 6.07) is 3.60. The van der Waals surface area contributed by atoms with Crippen molar-refractivity contribution in [1.82, 2.24) is 0 Å². The molecule has 1 heterocycles. The fourth-order valence-corrected chi connectivity index (χ4v) is 1.88. The first-order chi connectivity index (χ1) is 8.13. The van der Waals surface area contributed by atoms with Gasteiger partial charge in [0.05, 0.1) is 18.6 Å². The van der Waals surface area contributed by atoms with Crippen LogP contribution in [0.15, 0.2) is 17.8 Å². The van der Waals surface area contributed by atoms with Crippen molar-refractivity contribution < 1.29 is 14.4 Å². The van der Waals surface area contributed by atoms with E-state index in [4.69, 9.17) is 9.47 Å². The first kappa shape index (κ1) is 11.4. The number of methoxy groups -OCH3 is 1. The molecule has 0 saturated heterocycles. The number of ether oxygens (including phenoxy) is 2. The minimum atomic E-state index is -0.408. The Morgan fingerprint density at radius 2 is 2.35 bits per heavy atom. The van der Waals surface area contributed by atoms with Crippen LogP contribution in [0.5, 0.6) is 11.5 Å². The monoisotopic (exact) mass is 235 g/mol. The van der Waals surface area contributed by atoms with Gasteiger partial charge in [-0.05, 0) is 12.1 Å². The summed E-state index contributed by atoms with van der Waals surface area (Å²) in [6.07, 6.45) is 2.29. The first-order valence-corrected chi connectivity index (χ1v) is 5.29. The van der Waals surface area contributed by atoms with Crippen LogP contribution in [0.3, 0.4) is 0 Å². The fraction of sp³-hybridized carbons (Fsp3) is 0.333. The molecule has 5 nitrogen and oxygen atoms in total. The molecule has 17 heavy (non-hydrogen) atoms. The number of allylic oxidation sites excluding steroid dienone is 1. The quantitative estimate of drug-likeness (QED) is 0.595. The fourth-order valence-electron chi connectivity index (χ4n) is 1.88. The van der Waals surface area contributed by atoms with E-state index in [1.807, 2.05) is 6.07 Å². The minimum absolute atomic E-state index is 0.0867. The first-order valence-electron chi connectivity index (χ1n) is 5.29.